The fraction of sp³-hybridized carbons (Fsp3) is 0.240. The van der Waals surface area contributed by atoms with Crippen LogP contribution in [0.3, 0.4) is 0 Å². The topological polar surface area (TPSA) is 41.6 Å². The van der Waals surface area contributed by atoms with Crippen LogP contribution in [0.25, 0.3) is 0 Å². The first-order valence-electron chi connectivity index (χ1n) is 10.2. The highest BCUT2D eigenvalue weighted by atomic mass is 16.5. The third kappa shape index (κ3) is 5.46. The number of hydrogen-bond acceptors (Lipinski definition) is 3. The van der Waals surface area contributed by atoms with Crippen LogP contribution >= 0.6 is 0 Å². The van der Waals surface area contributed by atoms with E-state index in [2.05, 4.69) is 34.5 Å². The van der Waals surface area contributed by atoms with E-state index in [4.69, 9.17) is 4.74 Å². The SMILES string of the molecule is O=C(NC1CCN(Cc2ccccc2)CC1)c1ccc(Oc2ccccc2)cc1. The van der Waals surface area contributed by atoms with E-state index >= 15 is 0 Å². The van der Waals surface area contributed by atoms with Crippen molar-refractivity contribution in [1.29, 1.82) is 0 Å². The van der Waals surface area contributed by atoms with Crippen LogP contribution in [0.1, 0.15) is 28.8 Å². The molecule has 1 amide bonds. The smallest absolute Gasteiger partial charge is 0.251 e. The molecule has 4 rings (SSSR count). The molecule has 3 aromatic rings. The van der Waals surface area contributed by atoms with Crippen LogP contribution < -0.4 is 10.1 Å². The van der Waals surface area contributed by atoms with Gasteiger partial charge >= 0.3 is 0 Å². The second-order valence-corrected chi connectivity index (χ2v) is 7.45. The van der Waals surface area contributed by atoms with Gasteiger partial charge in [0.15, 0.2) is 0 Å². The number of para-hydroxylation sites is 1. The van der Waals surface area contributed by atoms with Gasteiger partial charge in [-0.05, 0) is 54.8 Å². The molecule has 1 aliphatic rings. The van der Waals surface area contributed by atoms with Crippen LogP contribution in [0.4, 0.5) is 0 Å². The van der Waals surface area contributed by atoms with E-state index in [0.717, 1.165) is 44.0 Å². The Kier molecular flexibility index (Phi) is 6.22. The van der Waals surface area contributed by atoms with Crippen molar-refractivity contribution in [3.05, 3.63) is 96.1 Å². The number of carbonyl (C=O) groups is 1. The number of nitrogens with one attached hydrogen (secondary N) is 1. The summed E-state index contributed by atoms with van der Waals surface area (Å²) in [7, 11) is 0. The van der Waals surface area contributed by atoms with Crippen LogP contribution in [0.2, 0.25) is 0 Å². The molecule has 4 nitrogen and oxygen atoms in total. The molecular weight excluding hydrogens is 360 g/mol. The third-order valence-corrected chi connectivity index (χ3v) is 5.27. The minimum atomic E-state index is -0.0160. The third-order valence-electron chi connectivity index (χ3n) is 5.27. The van der Waals surface area contributed by atoms with E-state index in [1.165, 1.54) is 5.56 Å². The fourth-order valence-electron chi connectivity index (χ4n) is 3.64. The van der Waals surface area contributed by atoms with Gasteiger partial charge in [-0.15, -0.1) is 0 Å². The molecular formula is C25H26N2O2. The van der Waals surface area contributed by atoms with Crippen molar-refractivity contribution in [1.82, 2.24) is 10.2 Å². The van der Waals surface area contributed by atoms with Crippen LogP contribution in [0, 0.1) is 0 Å². The predicted octanol–water partition coefficient (Wildman–Crippen LogP) is 4.87. The van der Waals surface area contributed by atoms with Gasteiger partial charge in [0.2, 0.25) is 0 Å². The minimum Gasteiger partial charge on any atom is -0.457 e. The zero-order chi connectivity index (χ0) is 19.9. The van der Waals surface area contributed by atoms with Crippen molar-refractivity contribution in [2.24, 2.45) is 0 Å². The standard InChI is InChI=1S/C25H26N2O2/c28-25(21-11-13-24(14-12-21)29-23-9-5-2-6-10-23)26-22-15-17-27(18-16-22)19-20-7-3-1-4-8-20/h1-14,22H,15-19H2,(H,26,28). The molecule has 0 aliphatic carbocycles. The predicted molar refractivity (Wildman–Crippen MR) is 115 cm³/mol. The normalized spacial score (nSPS) is 15.0. The fourth-order valence-corrected chi connectivity index (χ4v) is 3.64. The Hall–Kier alpha value is -3.11. The van der Waals surface area contributed by atoms with Crippen LogP contribution in [0.5, 0.6) is 11.5 Å². The first-order valence-corrected chi connectivity index (χ1v) is 10.2. The van der Waals surface area contributed by atoms with E-state index < -0.39 is 0 Å². The Morgan fingerprint density at radius 3 is 2.07 bits per heavy atom. The van der Waals surface area contributed by atoms with Crippen molar-refractivity contribution >= 4 is 5.91 Å². The molecule has 1 heterocycles. The van der Waals surface area contributed by atoms with Crippen molar-refractivity contribution in [2.75, 3.05) is 13.1 Å². The number of hydrogen-bond donors (Lipinski definition) is 1. The Morgan fingerprint density at radius 1 is 0.828 bits per heavy atom. The van der Waals surface area contributed by atoms with Gasteiger partial charge in [-0.25, -0.2) is 0 Å². The molecule has 29 heavy (non-hydrogen) atoms. The second-order valence-electron chi connectivity index (χ2n) is 7.45. The molecule has 1 aliphatic heterocycles. The summed E-state index contributed by atoms with van der Waals surface area (Å²) in [6.07, 6.45) is 1.96. The highest BCUT2D eigenvalue weighted by molar-refractivity contribution is 5.94. The highest BCUT2D eigenvalue weighted by Crippen LogP contribution is 2.21. The van der Waals surface area contributed by atoms with Gasteiger partial charge in [-0.1, -0.05) is 48.5 Å². The Labute approximate surface area is 172 Å². The summed E-state index contributed by atoms with van der Waals surface area (Å²) in [5.74, 6) is 1.49. The van der Waals surface area contributed by atoms with E-state index in [0.29, 0.717) is 5.56 Å². The number of rotatable bonds is 6. The van der Waals surface area contributed by atoms with E-state index in [1.54, 1.807) is 0 Å². The molecule has 148 valence electrons. The molecule has 1 fully saturated rings. The summed E-state index contributed by atoms with van der Waals surface area (Å²) in [5.41, 5.74) is 2.00. The molecule has 0 radical (unpaired) electrons. The summed E-state index contributed by atoms with van der Waals surface area (Å²) in [5, 5.41) is 3.18. The van der Waals surface area contributed by atoms with Gasteiger partial charge in [0.25, 0.3) is 5.91 Å². The van der Waals surface area contributed by atoms with E-state index in [-0.39, 0.29) is 11.9 Å². The molecule has 0 atom stereocenters. The van der Waals surface area contributed by atoms with Gasteiger partial charge in [0.05, 0.1) is 0 Å². The summed E-state index contributed by atoms with van der Waals surface area (Å²) in [6, 6.07) is 27.7. The van der Waals surface area contributed by atoms with Gasteiger partial charge in [-0.3, -0.25) is 9.69 Å². The molecule has 0 saturated carbocycles. The molecule has 0 unspecified atom stereocenters. The Bertz CT molecular complexity index is 903. The van der Waals surface area contributed by atoms with E-state index in [9.17, 15) is 4.79 Å². The van der Waals surface area contributed by atoms with Crippen LogP contribution in [-0.4, -0.2) is 29.9 Å². The first kappa shape index (κ1) is 19.2. The van der Waals surface area contributed by atoms with E-state index in [1.807, 2.05) is 60.7 Å². The average molecular weight is 386 g/mol. The minimum absolute atomic E-state index is 0.0160. The van der Waals surface area contributed by atoms with Crippen LogP contribution in [-0.2, 0) is 6.54 Å². The summed E-state index contributed by atoms with van der Waals surface area (Å²) < 4.78 is 5.79. The highest BCUT2D eigenvalue weighted by Gasteiger charge is 2.21. The van der Waals surface area contributed by atoms with Crippen molar-refractivity contribution < 1.29 is 9.53 Å². The first-order chi connectivity index (χ1) is 14.3. The Balaban J connectivity index is 1.25. The van der Waals surface area contributed by atoms with Crippen molar-refractivity contribution in [2.45, 2.75) is 25.4 Å². The summed E-state index contributed by atoms with van der Waals surface area (Å²) >= 11 is 0. The van der Waals surface area contributed by atoms with Gasteiger partial charge in [0.1, 0.15) is 11.5 Å². The maximum absolute atomic E-state index is 12.6. The lowest BCUT2D eigenvalue weighted by Crippen LogP contribution is -2.44. The van der Waals surface area contributed by atoms with Crippen molar-refractivity contribution in [3.63, 3.8) is 0 Å². The molecule has 3 aromatic carbocycles. The molecule has 0 spiro atoms. The number of piperidine rings is 1. The monoisotopic (exact) mass is 386 g/mol. The summed E-state index contributed by atoms with van der Waals surface area (Å²) in [4.78, 5) is 15.0. The Morgan fingerprint density at radius 2 is 1.41 bits per heavy atom. The van der Waals surface area contributed by atoms with Crippen LogP contribution in [0.15, 0.2) is 84.9 Å². The average Bonchev–Trinajstić information content (AvgIpc) is 2.77. The van der Waals surface area contributed by atoms with Gasteiger partial charge in [-0.2, -0.15) is 0 Å². The van der Waals surface area contributed by atoms with Gasteiger partial charge in [0, 0.05) is 31.2 Å². The number of likely N-dealkylation sites (tertiary alicyclic amines) is 1. The maximum atomic E-state index is 12.6. The lowest BCUT2D eigenvalue weighted by Gasteiger charge is -2.32. The number of benzene rings is 3. The largest absolute Gasteiger partial charge is 0.457 e. The molecule has 0 bridgehead atoms. The number of amides is 1. The molecule has 1 saturated heterocycles. The quantitative estimate of drug-likeness (QED) is 0.657. The maximum Gasteiger partial charge on any atom is 0.251 e. The molecule has 4 heteroatoms. The van der Waals surface area contributed by atoms with Crippen molar-refractivity contribution in [3.8, 4) is 11.5 Å². The molecule has 0 aromatic heterocycles. The summed E-state index contributed by atoms with van der Waals surface area (Å²) in [6.45, 7) is 2.98. The zero-order valence-electron chi connectivity index (χ0n) is 16.5. The number of ether oxygens (including phenoxy) is 1. The lowest BCUT2D eigenvalue weighted by atomic mass is 10.0. The zero-order valence-corrected chi connectivity index (χ0v) is 16.5. The number of carbonyl (C=O) groups excluding carboxylic acids is 1. The van der Waals surface area contributed by atoms with Gasteiger partial charge < -0.3 is 10.1 Å². The lowest BCUT2D eigenvalue weighted by molar-refractivity contribution is 0.0909. The second kappa shape index (κ2) is 9.39. The molecule has 1 N–H and O–H groups in total. The number of nitrogens with zero attached hydrogens (tertiary/aromatic N) is 1.